The molecule has 1 unspecified atom stereocenters. The summed E-state index contributed by atoms with van der Waals surface area (Å²) in [6.07, 6.45) is -0.502. The van der Waals surface area contributed by atoms with Crippen LogP contribution in [0.3, 0.4) is 0 Å². The minimum atomic E-state index is -1.16. The number of fused-ring (bicyclic) bond motifs is 2. The Kier molecular flexibility index (Phi) is 11.7. The van der Waals surface area contributed by atoms with Crippen LogP contribution >= 0.6 is 34.5 Å². The second-order valence-electron chi connectivity index (χ2n) is 14.4. The van der Waals surface area contributed by atoms with Gasteiger partial charge in [0.15, 0.2) is 0 Å². The van der Waals surface area contributed by atoms with Gasteiger partial charge in [-0.05, 0) is 99.8 Å². The highest BCUT2D eigenvalue weighted by Gasteiger charge is 2.37. The molecule has 3 N–H and O–H groups in total. The largest absolute Gasteiger partial charge is 0.489 e. The van der Waals surface area contributed by atoms with Crippen LogP contribution in [0.15, 0.2) is 121 Å². The molecule has 0 saturated carbocycles. The van der Waals surface area contributed by atoms with Crippen LogP contribution in [0, 0.1) is 11.3 Å². The maximum absolute atomic E-state index is 14.1. The van der Waals surface area contributed by atoms with E-state index in [9.17, 15) is 19.5 Å². The monoisotopic (exact) mass is 842 g/mol. The maximum Gasteiger partial charge on any atom is 0.326 e. The van der Waals surface area contributed by atoms with Gasteiger partial charge in [0.05, 0.1) is 33.4 Å². The van der Waals surface area contributed by atoms with E-state index in [-0.39, 0.29) is 12.3 Å². The number of rotatable bonds is 12. The number of thiophene rings is 1. The number of hydrogen-bond acceptors (Lipinski definition) is 8. The van der Waals surface area contributed by atoms with Gasteiger partial charge in [0.2, 0.25) is 12.0 Å². The van der Waals surface area contributed by atoms with E-state index in [4.69, 9.17) is 37.9 Å². The third-order valence-electron chi connectivity index (χ3n) is 10.4. The number of nitriles is 1. The number of carbonyl (C=O) groups excluding carboxylic acids is 2. The molecular formula is C46H36Cl2N4O6S. The third kappa shape index (κ3) is 9.12. The molecule has 2 amide bonds. The lowest BCUT2D eigenvalue weighted by molar-refractivity contribution is -0.142. The van der Waals surface area contributed by atoms with Crippen LogP contribution in [0.25, 0.3) is 11.1 Å². The number of halogens is 2. The number of benzene rings is 5. The minimum absolute atomic E-state index is 0.0927. The van der Waals surface area contributed by atoms with Gasteiger partial charge in [0.1, 0.15) is 24.1 Å². The molecule has 1 aromatic heterocycles. The van der Waals surface area contributed by atoms with Gasteiger partial charge in [-0.15, -0.1) is 11.3 Å². The number of carboxylic acid groups (broad SMARTS) is 1. The Hall–Kier alpha value is -6.16. The summed E-state index contributed by atoms with van der Waals surface area (Å²) in [6, 6.07) is 35.2. The zero-order valence-electron chi connectivity index (χ0n) is 31.4. The van der Waals surface area contributed by atoms with Crippen molar-refractivity contribution in [2.75, 3.05) is 5.32 Å². The summed E-state index contributed by atoms with van der Waals surface area (Å²) in [5, 5.41) is 28.1. The molecule has 13 heteroatoms. The number of aliphatic carboxylic acids is 1. The molecule has 59 heavy (non-hydrogen) atoms. The topological polar surface area (TPSA) is 141 Å². The molecule has 8 rings (SSSR count). The van der Waals surface area contributed by atoms with Gasteiger partial charge in [-0.25, -0.2) is 4.79 Å². The van der Waals surface area contributed by atoms with Crippen LogP contribution in [-0.4, -0.2) is 39.9 Å². The number of carboxylic acids is 1. The highest BCUT2D eigenvalue weighted by molar-refractivity contribution is 7.09. The van der Waals surface area contributed by atoms with Crippen molar-refractivity contribution in [3.63, 3.8) is 0 Å². The summed E-state index contributed by atoms with van der Waals surface area (Å²) in [5.74, 6) is -0.732. The number of carbonyl (C=O) groups is 3. The first-order chi connectivity index (χ1) is 28.6. The molecule has 3 atom stereocenters. The fraction of sp³-hybridized carbons (Fsp3) is 0.174. The van der Waals surface area contributed by atoms with Crippen molar-refractivity contribution in [1.29, 1.82) is 5.26 Å². The molecule has 296 valence electrons. The first-order valence-electron chi connectivity index (χ1n) is 18.8. The first-order valence-corrected chi connectivity index (χ1v) is 20.4. The van der Waals surface area contributed by atoms with Crippen LogP contribution in [0.2, 0.25) is 10.0 Å². The second kappa shape index (κ2) is 17.4. The Morgan fingerprint density at radius 2 is 1.66 bits per heavy atom. The van der Waals surface area contributed by atoms with Crippen molar-refractivity contribution < 1.29 is 29.0 Å². The SMILES string of the molecule is N#Cc1ccc(-c2ccc(C[C@H](NC(=O)[C@@H]3Cc4cc5c(cc4CN3Cc3cccs3)OC(c3ccc(OCc4ccc(Cl)c(Cl)c4)cc3)C(=O)N5)C(=O)O)cc2)cc1. The Morgan fingerprint density at radius 1 is 0.932 bits per heavy atom. The molecule has 0 spiro atoms. The first kappa shape index (κ1) is 39.7. The number of ether oxygens (including phenoxy) is 2. The van der Waals surface area contributed by atoms with E-state index in [1.807, 2.05) is 72.1 Å². The summed E-state index contributed by atoms with van der Waals surface area (Å²) in [4.78, 5) is 43.1. The molecule has 6 aromatic rings. The maximum atomic E-state index is 14.1. The van der Waals surface area contributed by atoms with E-state index in [2.05, 4.69) is 21.6 Å². The highest BCUT2D eigenvalue weighted by Crippen LogP contribution is 2.40. The summed E-state index contributed by atoms with van der Waals surface area (Å²) in [5.41, 5.74) is 7.01. The Labute approximate surface area is 354 Å². The smallest absolute Gasteiger partial charge is 0.326 e. The molecule has 0 fully saturated rings. The normalized spacial score (nSPS) is 16.4. The standard InChI is InChI=1S/C46H36Cl2N4O6S/c47-37-16-7-29(18-38(37)48)26-57-35-14-12-32(13-15-35)43-45(54)50-39-20-33-21-41(52(25-36-2-1-17-59-36)24-34(33)22-42(39)58-43)44(53)51-40(46(55)56)19-27-3-8-30(9-4-27)31-10-5-28(23-49)6-11-31/h1-18,20,22,40-41,43H,19,21,24-26H2,(H,50,54)(H,51,53)(H,55,56)/t40-,41-,43?/m0/s1. The Morgan fingerprint density at radius 3 is 2.34 bits per heavy atom. The van der Waals surface area contributed by atoms with E-state index in [1.54, 1.807) is 59.9 Å². The van der Waals surface area contributed by atoms with E-state index in [1.165, 1.54) is 0 Å². The van der Waals surface area contributed by atoms with E-state index >= 15 is 0 Å². The fourth-order valence-electron chi connectivity index (χ4n) is 7.30. The van der Waals surface area contributed by atoms with Crippen LogP contribution in [0.1, 0.15) is 44.4 Å². The molecule has 0 aliphatic carbocycles. The van der Waals surface area contributed by atoms with Gasteiger partial charge in [-0.1, -0.05) is 83.9 Å². The Bertz CT molecular complexity index is 2560. The van der Waals surface area contributed by atoms with Gasteiger partial charge in [-0.3, -0.25) is 14.5 Å². The van der Waals surface area contributed by atoms with Crippen molar-refractivity contribution in [2.45, 2.75) is 50.7 Å². The van der Waals surface area contributed by atoms with Gasteiger partial charge in [0.25, 0.3) is 5.91 Å². The van der Waals surface area contributed by atoms with Gasteiger partial charge in [-0.2, -0.15) is 5.26 Å². The highest BCUT2D eigenvalue weighted by atomic mass is 35.5. The summed E-state index contributed by atoms with van der Waals surface area (Å²) in [7, 11) is 0. The van der Waals surface area contributed by atoms with Crippen LogP contribution in [-0.2, 0) is 46.9 Å². The van der Waals surface area contributed by atoms with Crippen molar-refractivity contribution in [3.8, 4) is 28.7 Å². The third-order valence-corrected chi connectivity index (χ3v) is 12.0. The summed E-state index contributed by atoms with van der Waals surface area (Å²) >= 11 is 13.7. The van der Waals surface area contributed by atoms with E-state index in [0.717, 1.165) is 38.3 Å². The van der Waals surface area contributed by atoms with Gasteiger partial charge < -0.3 is 25.2 Å². The fourth-order valence-corrected chi connectivity index (χ4v) is 8.35. The molecule has 2 aliphatic heterocycles. The lowest BCUT2D eigenvalue weighted by Gasteiger charge is -2.37. The summed E-state index contributed by atoms with van der Waals surface area (Å²) in [6.45, 7) is 1.18. The number of hydrogen-bond donors (Lipinski definition) is 3. The molecule has 3 heterocycles. The Balaban J connectivity index is 0.962. The molecule has 0 bridgehead atoms. The van der Waals surface area contributed by atoms with Crippen molar-refractivity contribution in [2.24, 2.45) is 0 Å². The lowest BCUT2D eigenvalue weighted by atomic mass is 9.91. The predicted molar refractivity (Wildman–Crippen MR) is 227 cm³/mol. The molecular weight excluding hydrogens is 808 g/mol. The quantitative estimate of drug-likeness (QED) is 0.111. The molecule has 0 radical (unpaired) electrons. The molecule has 10 nitrogen and oxygen atoms in total. The predicted octanol–water partition coefficient (Wildman–Crippen LogP) is 8.98. The number of nitrogens with one attached hydrogen (secondary N) is 2. The van der Waals surface area contributed by atoms with Crippen molar-refractivity contribution in [1.82, 2.24) is 10.2 Å². The zero-order valence-corrected chi connectivity index (χ0v) is 33.7. The number of anilines is 1. The van der Waals surface area contributed by atoms with Crippen molar-refractivity contribution >= 4 is 58.0 Å². The number of nitrogens with zero attached hydrogens (tertiary/aromatic N) is 2. The molecule has 0 saturated heterocycles. The second-order valence-corrected chi connectivity index (χ2v) is 16.3. The van der Waals surface area contributed by atoms with Gasteiger partial charge in [0, 0.05) is 30.0 Å². The molecule has 2 aliphatic rings. The van der Waals surface area contributed by atoms with Crippen LogP contribution < -0.4 is 20.1 Å². The minimum Gasteiger partial charge on any atom is -0.489 e. The average Bonchev–Trinajstić information content (AvgIpc) is 3.76. The molecule has 5 aromatic carbocycles. The summed E-state index contributed by atoms with van der Waals surface area (Å²) < 4.78 is 12.2. The van der Waals surface area contributed by atoms with Crippen molar-refractivity contribution in [3.05, 3.63) is 169 Å². The average molecular weight is 844 g/mol. The van der Waals surface area contributed by atoms with E-state index < -0.39 is 30.1 Å². The van der Waals surface area contributed by atoms with E-state index in [0.29, 0.717) is 64.5 Å². The lowest BCUT2D eigenvalue weighted by Crippen LogP contribution is -2.54. The van der Waals surface area contributed by atoms with Crippen LogP contribution in [0.4, 0.5) is 5.69 Å². The van der Waals surface area contributed by atoms with Gasteiger partial charge >= 0.3 is 5.97 Å². The zero-order chi connectivity index (χ0) is 41.0. The van der Waals surface area contributed by atoms with Crippen LogP contribution in [0.5, 0.6) is 11.5 Å². The number of amides is 2.